The zero-order valence-corrected chi connectivity index (χ0v) is 10.5. The second-order valence-electron chi connectivity index (χ2n) is 3.53. The molecule has 0 aliphatic rings. The molecule has 0 atom stereocenters. The molecule has 0 bridgehead atoms. The molecule has 0 saturated heterocycles. The molecule has 2 aromatic heterocycles. The van der Waals surface area contributed by atoms with E-state index in [1.165, 1.54) is 13.4 Å². The van der Waals surface area contributed by atoms with Crippen LogP contribution in [0.15, 0.2) is 24.8 Å². The van der Waals surface area contributed by atoms with Gasteiger partial charge in [0.15, 0.2) is 10.4 Å². The lowest BCUT2D eigenvalue weighted by Gasteiger charge is -2.14. The van der Waals surface area contributed by atoms with Crippen molar-refractivity contribution in [1.29, 1.82) is 0 Å². The second-order valence-corrected chi connectivity index (χ2v) is 3.92. The third kappa shape index (κ3) is 2.58. The minimum Gasteiger partial charge on any atom is -0.491 e. The molecule has 0 aliphatic heterocycles. The largest absolute Gasteiger partial charge is 0.491 e. The molecule has 2 heterocycles. The number of alkyl halides is 3. The first-order chi connectivity index (χ1) is 8.95. The number of aromatic amines is 1. The van der Waals surface area contributed by atoms with E-state index >= 15 is 0 Å². The number of rotatable bonds is 2. The Labute approximate surface area is 111 Å². The van der Waals surface area contributed by atoms with Gasteiger partial charge in [0, 0.05) is 18.0 Å². The van der Waals surface area contributed by atoms with E-state index in [0.29, 0.717) is 0 Å². The molecule has 1 N–H and O–H groups in total. The summed E-state index contributed by atoms with van der Waals surface area (Å²) in [7, 11) is 1.31. The van der Waals surface area contributed by atoms with Crippen LogP contribution in [0.4, 0.5) is 13.2 Å². The van der Waals surface area contributed by atoms with Crippen LogP contribution in [-0.4, -0.2) is 22.1 Å². The van der Waals surface area contributed by atoms with Crippen molar-refractivity contribution in [3.05, 3.63) is 35.0 Å². The Morgan fingerprint density at radius 1 is 1.37 bits per heavy atom. The van der Waals surface area contributed by atoms with Crippen LogP contribution < -0.4 is 4.74 Å². The van der Waals surface area contributed by atoms with Crippen molar-refractivity contribution in [2.24, 2.45) is 0 Å². The minimum atomic E-state index is -4.50. The number of hydrogen-bond acceptors (Lipinski definition) is 4. The maximum atomic E-state index is 12.9. The van der Waals surface area contributed by atoms with Crippen LogP contribution in [0.3, 0.4) is 0 Å². The summed E-state index contributed by atoms with van der Waals surface area (Å²) in [4.78, 5) is 10.1. The van der Waals surface area contributed by atoms with Gasteiger partial charge in [0.1, 0.15) is 0 Å². The highest BCUT2D eigenvalue weighted by molar-refractivity contribution is 7.71. The fourth-order valence-corrected chi connectivity index (χ4v) is 1.85. The van der Waals surface area contributed by atoms with Crippen LogP contribution in [0.25, 0.3) is 11.3 Å². The van der Waals surface area contributed by atoms with Crippen molar-refractivity contribution in [3.63, 3.8) is 0 Å². The highest BCUT2D eigenvalue weighted by atomic mass is 32.1. The van der Waals surface area contributed by atoms with Gasteiger partial charge in [-0.3, -0.25) is 4.98 Å². The van der Waals surface area contributed by atoms with Crippen molar-refractivity contribution in [2.45, 2.75) is 6.18 Å². The van der Waals surface area contributed by atoms with Gasteiger partial charge in [0.05, 0.1) is 24.7 Å². The predicted molar refractivity (Wildman–Crippen MR) is 64.2 cm³/mol. The van der Waals surface area contributed by atoms with Gasteiger partial charge in [-0.15, -0.1) is 0 Å². The molecule has 0 spiro atoms. The Kier molecular flexibility index (Phi) is 3.52. The number of methoxy groups -OCH3 is 1. The molecular weight excluding hydrogens is 279 g/mol. The maximum Gasteiger partial charge on any atom is 0.417 e. The van der Waals surface area contributed by atoms with Crippen molar-refractivity contribution in [1.82, 2.24) is 15.0 Å². The lowest BCUT2D eigenvalue weighted by molar-refractivity contribution is -0.137. The summed E-state index contributed by atoms with van der Waals surface area (Å²) >= 11 is 4.92. The van der Waals surface area contributed by atoms with E-state index in [1.807, 2.05) is 0 Å². The number of halogens is 3. The Hall–Kier alpha value is -1.96. The second kappa shape index (κ2) is 4.96. The van der Waals surface area contributed by atoms with Gasteiger partial charge in [-0.25, -0.2) is 4.98 Å². The molecule has 2 aromatic rings. The summed E-state index contributed by atoms with van der Waals surface area (Å²) in [6, 6.07) is 0.895. The molecule has 0 fully saturated rings. The molecule has 0 aliphatic carbocycles. The fourth-order valence-electron chi connectivity index (χ4n) is 1.62. The molecule has 4 nitrogen and oxygen atoms in total. The first-order valence-electron chi connectivity index (χ1n) is 5.08. The zero-order valence-electron chi connectivity index (χ0n) is 9.65. The summed E-state index contributed by atoms with van der Waals surface area (Å²) in [6.45, 7) is 0. The average molecular weight is 287 g/mol. The van der Waals surface area contributed by atoms with Crippen LogP contribution >= 0.6 is 12.2 Å². The third-order valence-corrected chi connectivity index (χ3v) is 2.70. The number of H-pyrrole nitrogens is 1. The van der Waals surface area contributed by atoms with Crippen LogP contribution in [-0.2, 0) is 6.18 Å². The summed E-state index contributed by atoms with van der Waals surface area (Å²) < 4.78 is 43.9. The van der Waals surface area contributed by atoms with E-state index in [0.717, 1.165) is 18.5 Å². The fraction of sp³-hybridized carbons (Fsp3) is 0.182. The van der Waals surface area contributed by atoms with Crippen molar-refractivity contribution >= 4 is 12.2 Å². The zero-order chi connectivity index (χ0) is 14.0. The van der Waals surface area contributed by atoms with E-state index < -0.39 is 11.7 Å². The number of aromatic nitrogens is 3. The van der Waals surface area contributed by atoms with E-state index in [9.17, 15) is 13.2 Å². The molecule has 2 rings (SSSR count). The van der Waals surface area contributed by atoms with E-state index in [2.05, 4.69) is 15.0 Å². The lowest BCUT2D eigenvalue weighted by Crippen LogP contribution is -2.08. The van der Waals surface area contributed by atoms with Gasteiger partial charge < -0.3 is 9.72 Å². The van der Waals surface area contributed by atoms with Crippen LogP contribution in [0, 0.1) is 4.64 Å². The Balaban J connectivity index is 2.74. The van der Waals surface area contributed by atoms with Crippen molar-refractivity contribution in [2.75, 3.05) is 7.11 Å². The van der Waals surface area contributed by atoms with Gasteiger partial charge in [-0.2, -0.15) is 13.2 Å². The number of nitrogens with one attached hydrogen (secondary N) is 1. The number of hydrogen-bond donors (Lipinski definition) is 1. The number of nitrogens with zero attached hydrogens (tertiary/aromatic N) is 2. The van der Waals surface area contributed by atoms with Gasteiger partial charge in [0.2, 0.25) is 0 Å². The third-order valence-electron chi connectivity index (χ3n) is 2.41. The molecule has 100 valence electrons. The molecule has 0 saturated carbocycles. The Morgan fingerprint density at radius 3 is 2.74 bits per heavy atom. The van der Waals surface area contributed by atoms with Crippen LogP contribution in [0.1, 0.15) is 5.56 Å². The quantitative estimate of drug-likeness (QED) is 0.862. The van der Waals surface area contributed by atoms with Crippen molar-refractivity contribution in [3.8, 4) is 17.0 Å². The molecule has 0 radical (unpaired) electrons. The van der Waals surface area contributed by atoms with Gasteiger partial charge in [0.25, 0.3) is 0 Å². The SMILES string of the molecule is COc1c(-c2cnccc2C(F)(F)F)[nH]cnc1=S. The molecule has 19 heavy (non-hydrogen) atoms. The summed E-state index contributed by atoms with van der Waals surface area (Å²) in [5.74, 6) is 0.0796. The van der Waals surface area contributed by atoms with Crippen LogP contribution in [0.5, 0.6) is 5.75 Å². The minimum absolute atomic E-state index is 0.0771. The monoisotopic (exact) mass is 287 g/mol. The first-order valence-corrected chi connectivity index (χ1v) is 5.49. The molecule has 0 amide bonds. The number of ether oxygens (including phenoxy) is 1. The molecule has 0 aromatic carbocycles. The summed E-state index contributed by atoms with van der Waals surface area (Å²) in [5.41, 5.74) is -0.860. The Morgan fingerprint density at radius 2 is 2.11 bits per heavy atom. The van der Waals surface area contributed by atoms with E-state index in [-0.39, 0.29) is 21.6 Å². The summed E-state index contributed by atoms with van der Waals surface area (Å²) in [5, 5.41) is 0. The first kappa shape index (κ1) is 13.5. The molecule has 0 unspecified atom stereocenters. The Bertz CT molecular complexity index is 654. The normalized spacial score (nSPS) is 11.4. The van der Waals surface area contributed by atoms with Crippen molar-refractivity contribution < 1.29 is 17.9 Å². The summed E-state index contributed by atoms with van der Waals surface area (Å²) in [6.07, 6.45) is -1.10. The lowest BCUT2D eigenvalue weighted by atomic mass is 10.1. The number of pyridine rings is 1. The smallest absolute Gasteiger partial charge is 0.417 e. The highest BCUT2D eigenvalue weighted by Gasteiger charge is 2.34. The predicted octanol–water partition coefficient (Wildman–Crippen LogP) is 3.23. The molecular formula is C11H8F3N3OS. The van der Waals surface area contributed by atoms with E-state index in [4.69, 9.17) is 17.0 Å². The highest BCUT2D eigenvalue weighted by Crippen LogP contribution is 2.38. The van der Waals surface area contributed by atoms with Gasteiger partial charge >= 0.3 is 6.18 Å². The standard InChI is InChI=1S/C11H8F3N3OS/c1-18-9-8(16-5-17-10(9)19)6-4-15-3-2-7(6)11(12,13)14/h2-5H,1H3,(H,16,17,19). The topological polar surface area (TPSA) is 50.8 Å². The van der Waals surface area contributed by atoms with E-state index in [1.54, 1.807) is 0 Å². The van der Waals surface area contributed by atoms with Gasteiger partial charge in [-0.05, 0) is 6.07 Å². The maximum absolute atomic E-state index is 12.9. The van der Waals surface area contributed by atoms with Gasteiger partial charge in [-0.1, -0.05) is 12.2 Å². The average Bonchev–Trinajstić information content (AvgIpc) is 2.37. The molecule has 8 heteroatoms. The van der Waals surface area contributed by atoms with Crippen LogP contribution in [0.2, 0.25) is 0 Å².